The first-order valence-electron chi connectivity index (χ1n) is 11.4. The molecule has 5 nitrogen and oxygen atoms in total. The number of benzene rings is 3. The van der Waals surface area contributed by atoms with Crippen molar-refractivity contribution in [1.82, 2.24) is 4.90 Å². The molecule has 0 radical (unpaired) electrons. The summed E-state index contributed by atoms with van der Waals surface area (Å²) >= 11 is 0. The maximum Gasteiger partial charge on any atom is 0.224 e. The first-order chi connectivity index (χ1) is 16.0. The summed E-state index contributed by atoms with van der Waals surface area (Å²) in [5.41, 5.74) is 6.33. The van der Waals surface area contributed by atoms with Crippen LogP contribution < -0.4 is 10.1 Å². The zero-order valence-corrected chi connectivity index (χ0v) is 19.3. The number of hydrogen-bond donors (Lipinski definition) is 1. The van der Waals surface area contributed by atoms with Crippen molar-refractivity contribution < 1.29 is 14.3 Å². The number of carbonyl (C=O) groups is 2. The number of para-hydroxylation sites is 1. The Morgan fingerprint density at radius 2 is 1.85 bits per heavy atom. The fourth-order valence-electron chi connectivity index (χ4n) is 4.36. The summed E-state index contributed by atoms with van der Waals surface area (Å²) in [6.07, 6.45) is 2.01. The van der Waals surface area contributed by atoms with Crippen LogP contribution in [0.15, 0.2) is 66.7 Å². The van der Waals surface area contributed by atoms with E-state index in [1.807, 2.05) is 48.5 Å². The van der Waals surface area contributed by atoms with Gasteiger partial charge in [0.05, 0.1) is 7.11 Å². The summed E-state index contributed by atoms with van der Waals surface area (Å²) in [6.45, 7) is 4.20. The Morgan fingerprint density at radius 3 is 2.67 bits per heavy atom. The highest BCUT2D eigenvalue weighted by atomic mass is 16.5. The molecule has 5 heteroatoms. The smallest absolute Gasteiger partial charge is 0.224 e. The SMILES string of the molecule is COc1ccccc1CCC(=O)Nc1ccc2c(c1)CN(Cc1cccc(C(C)=O)c1)CC2. The molecule has 3 aromatic rings. The average Bonchev–Trinajstić information content (AvgIpc) is 2.83. The summed E-state index contributed by atoms with van der Waals surface area (Å²) in [5, 5.41) is 3.05. The van der Waals surface area contributed by atoms with Gasteiger partial charge in [0.1, 0.15) is 5.75 Å². The van der Waals surface area contributed by atoms with Gasteiger partial charge in [0.15, 0.2) is 5.78 Å². The number of Topliss-reactive ketones (excluding diaryl/α,β-unsaturated/α-hetero) is 1. The zero-order chi connectivity index (χ0) is 23.2. The molecule has 0 unspecified atom stereocenters. The van der Waals surface area contributed by atoms with E-state index in [2.05, 4.69) is 28.4 Å². The van der Waals surface area contributed by atoms with E-state index in [-0.39, 0.29) is 11.7 Å². The number of ether oxygens (including phenoxy) is 1. The van der Waals surface area contributed by atoms with E-state index in [1.54, 1.807) is 14.0 Å². The lowest BCUT2D eigenvalue weighted by atomic mass is 9.98. The highest BCUT2D eigenvalue weighted by molar-refractivity contribution is 5.94. The molecule has 33 heavy (non-hydrogen) atoms. The summed E-state index contributed by atoms with van der Waals surface area (Å²) in [6, 6.07) is 21.9. The number of hydrogen-bond acceptors (Lipinski definition) is 4. The van der Waals surface area contributed by atoms with Crippen LogP contribution in [-0.2, 0) is 30.7 Å². The quantitative estimate of drug-likeness (QED) is 0.497. The number of nitrogens with one attached hydrogen (secondary N) is 1. The van der Waals surface area contributed by atoms with E-state index in [0.717, 1.165) is 54.2 Å². The molecule has 0 aliphatic carbocycles. The van der Waals surface area contributed by atoms with Gasteiger partial charge < -0.3 is 10.1 Å². The number of anilines is 1. The van der Waals surface area contributed by atoms with Crippen LogP contribution in [0.25, 0.3) is 0 Å². The van der Waals surface area contributed by atoms with Crippen LogP contribution in [0.2, 0.25) is 0 Å². The number of nitrogens with zero attached hydrogens (tertiary/aromatic N) is 1. The van der Waals surface area contributed by atoms with Gasteiger partial charge in [0.2, 0.25) is 5.91 Å². The van der Waals surface area contributed by atoms with Crippen molar-refractivity contribution in [2.45, 2.75) is 39.3 Å². The highest BCUT2D eigenvalue weighted by Gasteiger charge is 2.18. The third kappa shape index (κ3) is 5.88. The van der Waals surface area contributed by atoms with Crippen molar-refractivity contribution in [3.8, 4) is 5.75 Å². The molecule has 1 N–H and O–H groups in total. The fourth-order valence-corrected chi connectivity index (χ4v) is 4.36. The number of methoxy groups -OCH3 is 1. The van der Waals surface area contributed by atoms with E-state index >= 15 is 0 Å². The third-order valence-electron chi connectivity index (χ3n) is 6.13. The number of ketones is 1. The van der Waals surface area contributed by atoms with E-state index in [9.17, 15) is 9.59 Å². The lowest BCUT2D eigenvalue weighted by Crippen LogP contribution is -2.30. The first-order valence-corrected chi connectivity index (χ1v) is 11.4. The number of aryl methyl sites for hydroxylation is 1. The Hall–Kier alpha value is -3.44. The minimum Gasteiger partial charge on any atom is -0.496 e. The van der Waals surface area contributed by atoms with Gasteiger partial charge in [-0.1, -0.05) is 42.5 Å². The van der Waals surface area contributed by atoms with E-state index in [4.69, 9.17) is 4.74 Å². The second kappa shape index (κ2) is 10.5. The molecule has 1 heterocycles. The molecule has 3 aromatic carbocycles. The lowest BCUT2D eigenvalue weighted by molar-refractivity contribution is -0.116. The van der Waals surface area contributed by atoms with Crippen molar-refractivity contribution in [3.05, 3.63) is 94.5 Å². The summed E-state index contributed by atoms with van der Waals surface area (Å²) in [4.78, 5) is 26.6. The van der Waals surface area contributed by atoms with Gasteiger partial charge in [0, 0.05) is 37.3 Å². The number of rotatable bonds is 8. The van der Waals surface area contributed by atoms with Crippen LogP contribution in [0.4, 0.5) is 5.69 Å². The topological polar surface area (TPSA) is 58.6 Å². The lowest BCUT2D eigenvalue weighted by Gasteiger charge is -2.29. The van der Waals surface area contributed by atoms with Gasteiger partial charge in [-0.05, 0) is 66.3 Å². The predicted octanol–water partition coefficient (Wildman–Crippen LogP) is 5.03. The monoisotopic (exact) mass is 442 g/mol. The van der Waals surface area contributed by atoms with Crippen molar-refractivity contribution >= 4 is 17.4 Å². The van der Waals surface area contributed by atoms with Crippen LogP contribution in [0.3, 0.4) is 0 Å². The molecule has 170 valence electrons. The van der Waals surface area contributed by atoms with Gasteiger partial charge >= 0.3 is 0 Å². The highest BCUT2D eigenvalue weighted by Crippen LogP contribution is 2.25. The number of fused-ring (bicyclic) bond motifs is 1. The third-order valence-corrected chi connectivity index (χ3v) is 6.13. The molecule has 0 fully saturated rings. The molecule has 0 bridgehead atoms. The van der Waals surface area contributed by atoms with Gasteiger partial charge in [-0.15, -0.1) is 0 Å². The van der Waals surface area contributed by atoms with Gasteiger partial charge in [-0.2, -0.15) is 0 Å². The molecule has 0 atom stereocenters. The molecule has 0 saturated carbocycles. The molecule has 1 amide bonds. The normalized spacial score (nSPS) is 13.3. The maximum absolute atomic E-state index is 12.6. The van der Waals surface area contributed by atoms with Crippen LogP contribution in [0.5, 0.6) is 5.75 Å². The summed E-state index contributed by atoms with van der Waals surface area (Å²) < 4.78 is 5.38. The van der Waals surface area contributed by atoms with E-state index < -0.39 is 0 Å². The van der Waals surface area contributed by atoms with Crippen molar-refractivity contribution in [2.24, 2.45) is 0 Å². The van der Waals surface area contributed by atoms with Crippen LogP contribution in [0, 0.1) is 0 Å². The Morgan fingerprint density at radius 1 is 1.00 bits per heavy atom. The molecular formula is C28H30N2O3. The number of amides is 1. The Balaban J connectivity index is 1.36. The maximum atomic E-state index is 12.6. The summed E-state index contributed by atoms with van der Waals surface area (Å²) in [7, 11) is 1.65. The molecular weight excluding hydrogens is 412 g/mol. The fraction of sp³-hybridized carbons (Fsp3) is 0.286. The molecule has 0 saturated heterocycles. The molecule has 0 spiro atoms. The van der Waals surface area contributed by atoms with Crippen LogP contribution >= 0.6 is 0 Å². The van der Waals surface area contributed by atoms with Crippen LogP contribution in [-0.4, -0.2) is 30.2 Å². The second-order valence-electron chi connectivity index (χ2n) is 8.56. The molecule has 1 aliphatic rings. The van der Waals surface area contributed by atoms with E-state index in [0.29, 0.717) is 12.8 Å². The molecule has 1 aliphatic heterocycles. The Kier molecular flexibility index (Phi) is 7.20. The van der Waals surface area contributed by atoms with Gasteiger partial charge in [-0.3, -0.25) is 14.5 Å². The largest absolute Gasteiger partial charge is 0.496 e. The number of carbonyl (C=O) groups excluding carboxylic acids is 2. The van der Waals surface area contributed by atoms with Crippen LogP contribution in [0.1, 0.15) is 46.0 Å². The zero-order valence-electron chi connectivity index (χ0n) is 19.3. The minimum absolute atomic E-state index is 0.00503. The predicted molar refractivity (Wildman–Crippen MR) is 131 cm³/mol. The average molecular weight is 443 g/mol. The van der Waals surface area contributed by atoms with Gasteiger partial charge in [0.25, 0.3) is 0 Å². The van der Waals surface area contributed by atoms with E-state index in [1.165, 1.54) is 11.1 Å². The molecule has 0 aromatic heterocycles. The first kappa shape index (κ1) is 22.7. The van der Waals surface area contributed by atoms with Crippen molar-refractivity contribution in [3.63, 3.8) is 0 Å². The Labute approximate surface area is 195 Å². The van der Waals surface area contributed by atoms with Gasteiger partial charge in [-0.25, -0.2) is 0 Å². The second-order valence-corrected chi connectivity index (χ2v) is 8.56. The Bertz CT molecular complexity index is 1160. The van der Waals surface area contributed by atoms with Crippen molar-refractivity contribution in [1.29, 1.82) is 0 Å². The summed E-state index contributed by atoms with van der Waals surface area (Å²) in [5.74, 6) is 0.898. The molecule has 4 rings (SSSR count). The van der Waals surface area contributed by atoms with Crippen molar-refractivity contribution in [2.75, 3.05) is 19.0 Å². The standard InChI is InChI=1S/C28H30N2O3/c1-20(31)24-8-5-6-21(16-24)18-30-15-14-22-10-12-26(17-25(22)19-30)29-28(32)13-11-23-7-3-4-9-27(23)33-2/h3-10,12,16-17H,11,13-15,18-19H2,1-2H3,(H,29,32). The minimum atomic E-state index is -0.00503.